The van der Waals surface area contributed by atoms with Gasteiger partial charge < -0.3 is 9.73 Å². The van der Waals surface area contributed by atoms with Gasteiger partial charge >= 0.3 is 0 Å². The predicted octanol–water partition coefficient (Wildman–Crippen LogP) is 4.22. The fraction of sp³-hybridized carbons (Fsp3) is 0.0526. The van der Waals surface area contributed by atoms with Gasteiger partial charge in [0.25, 0.3) is 0 Å². The maximum Gasteiger partial charge on any atom is 0.221 e. The standard InChI is InChI=1S/C19H15N3O2/c1-13(23)21-17-4-2-3-14(9-17)18-10-20-19-6-5-15(11-22(18)19)16-7-8-24-12-16/h2-12H,1H3,(H,21,23). The molecule has 24 heavy (non-hydrogen) atoms. The second-order valence-corrected chi connectivity index (χ2v) is 5.56. The van der Waals surface area contributed by atoms with Gasteiger partial charge in [0.15, 0.2) is 0 Å². The first-order valence-electron chi connectivity index (χ1n) is 7.58. The molecule has 0 saturated carbocycles. The monoisotopic (exact) mass is 317 g/mol. The zero-order valence-electron chi connectivity index (χ0n) is 13.1. The Labute approximate surface area is 138 Å². The number of pyridine rings is 1. The number of carbonyl (C=O) groups is 1. The zero-order valence-corrected chi connectivity index (χ0v) is 13.1. The molecule has 0 spiro atoms. The summed E-state index contributed by atoms with van der Waals surface area (Å²) in [4.78, 5) is 15.7. The Morgan fingerprint density at radius 2 is 2.04 bits per heavy atom. The van der Waals surface area contributed by atoms with Crippen LogP contribution in [0, 0.1) is 0 Å². The first-order valence-corrected chi connectivity index (χ1v) is 7.58. The van der Waals surface area contributed by atoms with Crippen LogP contribution < -0.4 is 5.32 Å². The molecule has 0 unspecified atom stereocenters. The molecule has 1 N–H and O–H groups in total. The highest BCUT2D eigenvalue weighted by Gasteiger charge is 2.09. The maximum absolute atomic E-state index is 11.3. The highest BCUT2D eigenvalue weighted by Crippen LogP contribution is 2.27. The Hall–Kier alpha value is -3.34. The van der Waals surface area contributed by atoms with Gasteiger partial charge in [-0.2, -0.15) is 0 Å². The third kappa shape index (κ3) is 2.56. The highest BCUT2D eigenvalue weighted by atomic mass is 16.3. The highest BCUT2D eigenvalue weighted by molar-refractivity contribution is 5.89. The van der Waals surface area contributed by atoms with Crippen molar-refractivity contribution in [2.45, 2.75) is 6.92 Å². The van der Waals surface area contributed by atoms with Crippen LogP contribution >= 0.6 is 0 Å². The molecule has 4 rings (SSSR count). The van der Waals surface area contributed by atoms with E-state index in [2.05, 4.69) is 10.3 Å². The number of hydrogen-bond acceptors (Lipinski definition) is 3. The molecule has 3 heterocycles. The summed E-state index contributed by atoms with van der Waals surface area (Å²) in [5.74, 6) is -0.0902. The fourth-order valence-corrected chi connectivity index (χ4v) is 2.75. The largest absolute Gasteiger partial charge is 0.472 e. The number of nitrogens with one attached hydrogen (secondary N) is 1. The predicted molar refractivity (Wildman–Crippen MR) is 92.6 cm³/mol. The van der Waals surface area contributed by atoms with Gasteiger partial charge in [-0.3, -0.25) is 9.20 Å². The van der Waals surface area contributed by atoms with Gasteiger partial charge in [0, 0.05) is 35.5 Å². The quantitative estimate of drug-likeness (QED) is 0.615. The molecule has 4 aromatic rings. The molecule has 0 aliphatic carbocycles. The van der Waals surface area contributed by atoms with Gasteiger partial charge in [0.1, 0.15) is 5.65 Å². The molecule has 3 aromatic heterocycles. The van der Waals surface area contributed by atoms with E-state index in [1.807, 2.05) is 59.3 Å². The van der Waals surface area contributed by atoms with Gasteiger partial charge in [0.2, 0.25) is 5.91 Å². The first-order chi connectivity index (χ1) is 11.7. The van der Waals surface area contributed by atoms with Crippen LogP contribution in [0.2, 0.25) is 0 Å². The summed E-state index contributed by atoms with van der Waals surface area (Å²) in [6.07, 6.45) is 7.25. The van der Waals surface area contributed by atoms with Crippen molar-refractivity contribution in [3.63, 3.8) is 0 Å². The van der Waals surface area contributed by atoms with Crippen LogP contribution in [0.1, 0.15) is 6.92 Å². The van der Waals surface area contributed by atoms with Gasteiger partial charge in [0.05, 0.1) is 24.4 Å². The van der Waals surface area contributed by atoms with Gasteiger partial charge in [-0.05, 0) is 30.3 Å². The summed E-state index contributed by atoms with van der Waals surface area (Å²) in [6.45, 7) is 1.50. The second-order valence-electron chi connectivity index (χ2n) is 5.56. The van der Waals surface area contributed by atoms with E-state index in [9.17, 15) is 4.79 Å². The number of rotatable bonds is 3. The van der Waals surface area contributed by atoms with Crippen LogP contribution in [0.5, 0.6) is 0 Å². The van der Waals surface area contributed by atoms with Gasteiger partial charge in [-0.1, -0.05) is 12.1 Å². The summed E-state index contributed by atoms with van der Waals surface area (Å²) in [5.41, 5.74) is 5.64. The normalized spacial score (nSPS) is 10.9. The molecule has 5 heteroatoms. The summed E-state index contributed by atoms with van der Waals surface area (Å²) in [6, 6.07) is 13.6. The molecular weight excluding hydrogens is 302 g/mol. The molecule has 0 radical (unpaired) electrons. The summed E-state index contributed by atoms with van der Waals surface area (Å²) >= 11 is 0. The molecule has 0 aliphatic rings. The SMILES string of the molecule is CC(=O)Nc1cccc(-c2cnc3ccc(-c4ccoc4)cn23)c1. The lowest BCUT2D eigenvalue weighted by molar-refractivity contribution is -0.114. The van der Waals surface area contributed by atoms with Crippen molar-refractivity contribution >= 4 is 17.2 Å². The van der Waals surface area contributed by atoms with E-state index in [-0.39, 0.29) is 5.91 Å². The number of fused-ring (bicyclic) bond motifs is 1. The summed E-state index contributed by atoms with van der Waals surface area (Å²) in [7, 11) is 0. The molecule has 118 valence electrons. The molecule has 0 saturated heterocycles. The Balaban J connectivity index is 1.82. The molecule has 0 aliphatic heterocycles. The summed E-state index contributed by atoms with van der Waals surface area (Å²) in [5, 5.41) is 2.81. The van der Waals surface area contributed by atoms with Crippen molar-refractivity contribution in [1.29, 1.82) is 0 Å². The number of benzene rings is 1. The minimum Gasteiger partial charge on any atom is -0.472 e. The van der Waals surface area contributed by atoms with Crippen molar-refractivity contribution in [2.75, 3.05) is 5.32 Å². The number of carbonyl (C=O) groups excluding carboxylic acids is 1. The van der Waals surface area contributed by atoms with Gasteiger partial charge in [-0.25, -0.2) is 4.98 Å². The van der Waals surface area contributed by atoms with E-state index in [4.69, 9.17) is 4.42 Å². The molecule has 1 amide bonds. The molecule has 0 atom stereocenters. The number of amides is 1. The lowest BCUT2D eigenvalue weighted by atomic mass is 10.1. The second kappa shape index (κ2) is 5.70. The van der Waals surface area contributed by atoms with E-state index in [0.717, 1.165) is 33.7 Å². The maximum atomic E-state index is 11.3. The Morgan fingerprint density at radius 1 is 1.12 bits per heavy atom. The topological polar surface area (TPSA) is 59.5 Å². The smallest absolute Gasteiger partial charge is 0.221 e. The Kier molecular flexibility index (Phi) is 3.39. The number of aromatic nitrogens is 2. The van der Waals surface area contributed by atoms with Crippen LogP contribution in [0.3, 0.4) is 0 Å². The fourth-order valence-electron chi connectivity index (χ4n) is 2.75. The van der Waals surface area contributed by atoms with Crippen LogP contribution in [-0.4, -0.2) is 15.3 Å². The third-order valence-corrected chi connectivity index (χ3v) is 3.84. The lowest BCUT2D eigenvalue weighted by Crippen LogP contribution is -2.05. The van der Waals surface area contributed by atoms with E-state index in [0.29, 0.717) is 0 Å². The minimum absolute atomic E-state index is 0.0902. The number of imidazole rings is 1. The first kappa shape index (κ1) is 14.3. The number of hydrogen-bond donors (Lipinski definition) is 1. The van der Waals surface area contributed by atoms with E-state index >= 15 is 0 Å². The van der Waals surface area contributed by atoms with Crippen LogP contribution in [0.15, 0.2) is 71.8 Å². The van der Waals surface area contributed by atoms with Crippen LogP contribution in [0.25, 0.3) is 28.0 Å². The number of anilines is 1. The lowest BCUT2D eigenvalue weighted by Gasteiger charge is -2.07. The molecule has 0 bridgehead atoms. The molecular formula is C19H15N3O2. The average molecular weight is 317 g/mol. The third-order valence-electron chi connectivity index (χ3n) is 3.84. The van der Waals surface area contributed by atoms with Crippen LogP contribution in [0.4, 0.5) is 5.69 Å². The summed E-state index contributed by atoms with van der Waals surface area (Å²) < 4.78 is 7.20. The Morgan fingerprint density at radius 3 is 2.83 bits per heavy atom. The molecule has 5 nitrogen and oxygen atoms in total. The molecule has 0 fully saturated rings. The average Bonchev–Trinajstić information content (AvgIpc) is 3.23. The van der Waals surface area contributed by atoms with Crippen LogP contribution in [-0.2, 0) is 4.79 Å². The van der Waals surface area contributed by atoms with Gasteiger partial charge in [-0.15, -0.1) is 0 Å². The van der Waals surface area contributed by atoms with Crippen molar-refractivity contribution in [3.8, 4) is 22.4 Å². The zero-order chi connectivity index (χ0) is 16.5. The molecule has 1 aromatic carbocycles. The minimum atomic E-state index is -0.0902. The number of furan rings is 1. The van der Waals surface area contributed by atoms with Crippen molar-refractivity contribution < 1.29 is 9.21 Å². The number of nitrogens with zero attached hydrogens (tertiary/aromatic N) is 2. The Bertz CT molecular complexity index is 1020. The van der Waals surface area contributed by atoms with E-state index < -0.39 is 0 Å². The van der Waals surface area contributed by atoms with Crippen molar-refractivity contribution in [2.24, 2.45) is 0 Å². The van der Waals surface area contributed by atoms with E-state index in [1.54, 1.807) is 12.5 Å². The van der Waals surface area contributed by atoms with Crippen molar-refractivity contribution in [1.82, 2.24) is 9.38 Å². The van der Waals surface area contributed by atoms with Crippen molar-refractivity contribution in [3.05, 3.63) is 67.4 Å². The van der Waals surface area contributed by atoms with E-state index in [1.165, 1.54) is 6.92 Å².